The minimum atomic E-state index is -1.03. The Kier molecular flexibility index (Phi) is 2.67. The molecule has 0 radical (unpaired) electrons. The molecule has 1 heterocycles. The predicted octanol–water partition coefficient (Wildman–Crippen LogP) is -0.148. The summed E-state index contributed by atoms with van der Waals surface area (Å²) in [6.45, 7) is 1.94. The third-order valence-corrected chi connectivity index (χ3v) is 2.80. The van der Waals surface area contributed by atoms with Crippen LogP contribution < -0.4 is 16.6 Å². The van der Waals surface area contributed by atoms with Crippen molar-refractivity contribution in [2.75, 3.05) is 11.9 Å². The molecule has 0 aromatic heterocycles. The maximum atomic E-state index is 11.2. The molecule has 16 heavy (non-hydrogen) atoms. The Hall–Kier alpha value is -1.43. The lowest BCUT2D eigenvalue weighted by atomic mass is 9.94. The number of carbonyl (C=O) groups is 1. The molecule has 0 fully saturated rings. The first-order chi connectivity index (χ1) is 7.53. The van der Waals surface area contributed by atoms with Crippen LogP contribution in [-0.2, 0) is 16.8 Å². The van der Waals surface area contributed by atoms with E-state index in [1.165, 1.54) is 0 Å². The first kappa shape index (κ1) is 11.1. The number of benzene rings is 1. The molecule has 0 saturated heterocycles. The molecule has 0 bridgehead atoms. The molecule has 1 aliphatic heterocycles. The van der Waals surface area contributed by atoms with Gasteiger partial charge in [0.15, 0.2) is 0 Å². The molecular weight excluding hydrogens is 206 g/mol. The Morgan fingerprint density at radius 3 is 3.06 bits per heavy atom. The van der Waals surface area contributed by atoms with Gasteiger partial charge in [-0.3, -0.25) is 16.1 Å². The zero-order chi connectivity index (χ0) is 11.8. The third-order valence-electron chi connectivity index (χ3n) is 2.80. The third kappa shape index (κ3) is 1.92. The molecule has 1 unspecified atom stereocenters. The van der Waals surface area contributed by atoms with E-state index in [2.05, 4.69) is 10.7 Å². The molecule has 86 valence electrons. The second-order valence-electron chi connectivity index (χ2n) is 4.25. The van der Waals surface area contributed by atoms with Gasteiger partial charge in [-0.15, -0.1) is 0 Å². The topological polar surface area (TPSA) is 87.4 Å². The van der Waals surface area contributed by atoms with E-state index in [0.717, 1.165) is 16.8 Å². The van der Waals surface area contributed by atoms with Crippen molar-refractivity contribution in [1.82, 2.24) is 5.43 Å². The molecule has 0 aliphatic carbocycles. The fourth-order valence-electron chi connectivity index (χ4n) is 1.87. The molecule has 1 aromatic carbocycles. The number of hydrazine groups is 1. The zero-order valence-corrected chi connectivity index (χ0v) is 9.08. The van der Waals surface area contributed by atoms with Gasteiger partial charge < -0.3 is 10.4 Å². The smallest absolute Gasteiger partial charge is 0.228 e. The Bertz CT molecular complexity index is 429. The number of nitrogens with one attached hydrogen (secondary N) is 2. The largest absolute Gasteiger partial charge is 0.384 e. The molecule has 0 saturated carbocycles. The number of hydrogen-bond acceptors (Lipinski definition) is 4. The number of hydrogen-bond donors (Lipinski definition) is 4. The van der Waals surface area contributed by atoms with Crippen LogP contribution in [0.5, 0.6) is 0 Å². The molecule has 1 aliphatic rings. The van der Waals surface area contributed by atoms with Gasteiger partial charge >= 0.3 is 0 Å². The predicted molar refractivity (Wildman–Crippen MR) is 60.5 cm³/mol. The van der Waals surface area contributed by atoms with Gasteiger partial charge in [-0.1, -0.05) is 12.1 Å². The highest BCUT2D eigenvalue weighted by atomic mass is 16.3. The second-order valence-corrected chi connectivity index (χ2v) is 4.25. The highest BCUT2D eigenvalue weighted by Crippen LogP contribution is 2.28. The number of nitrogens with two attached hydrogens (primary N) is 1. The molecule has 1 aromatic rings. The van der Waals surface area contributed by atoms with Gasteiger partial charge in [0.05, 0.1) is 6.42 Å². The summed E-state index contributed by atoms with van der Waals surface area (Å²) in [5, 5.41) is 12.9. The van der Waals surface area contributed by atoms with Gasteiger partial charge in [-0.2, -0.15) is 0 Å². The Balaban J connectivity index is 2.32. The van der Waals surface area contributed by atoms with E-state index < -0.39 is 5.60 Å². The zero-order valence-electron chi connectivity index (χ0n) is 9.08. The summed E-state index contributed by atoms with van der Waals surface area (Å²) in [5.41, 5.74) is 3.91. The van der Waals surface area contributed by atoms with Gasteiger partial charge in [0.2, 0.25) is 5.91 Å². The van der Waals surface area contributed by atoms with Gasteiger partial charge in [-0.05, 0) is 24.1 Å². The fraction of sp³-hybridized carbons (Fsp3) is 0.364. The number of aliphatic hydroxyl groups is 1. The van der Waals surface area contributed by atoms with Gasteiger partial charge in [0.1, 0.15) is 5.60 Å². The normalized spacial score (nSPS) is 17.8. The highest BCUT2D eigenvalue weighted by Gasteiger charge is 2.25. The lowest BCUT2D eigenvalue weighted by Crippen LogP contribution is -2.38. The Morgan fingerprint density at radius 2 is 2.38 bits per heavy atom. The summed E-state index contributed by atoms with van der Waals surface area (Å²) in [6.07, 6.45) is 0.370. The summed E-state index contributed by atoms with van der Waals surface area (Å²) < 4.78 is 0. The summed E-state index contributed by atoms with van der Waals surface area (Å²) in [6, 6.07) is 5.44. The maximum absolute atomic E-state index is 11.2. The van der Waals surface area contributed by atoms with Crippen molar-refractivity contribution in [3.8, 4) is 0 Å². The molecule has 1 amide bonds. The van der Waals surface area contributed by atoms with E-state index >= 15 is 0 Å². The molecule has 2 rings (SSSR count). The van der Waals surface area contributed by atoms with Gasteiger partial charge in [-0.25, -0.2) is 0 Å². The minimum Gasteiger partial charge on any atom is -0.384 e. The van der Waals surface area contributed by atoms with E-state index in [1.807, 2.05) is 6.07 Å². The van der Waals surface area contributed by atoms with Gasteiger partial charge in [0, 0.05) is 12.2 Å². The number of carbonyl (C=O) groups excluding carboxylic acids is 1. The van der Waals surface area contributed by atoms with Crippen molar-refractivity contribution in [1.29, 1.82) is 0 Å². The van der Waals surface area contributed by atoms with E-state index in [4.69, 9.17) is 5.84 Å². The minimum absolute atomic E-state index is 0.0104. The van der Waals surface area contributed by atoms with E-state index in [-0.39, 0.29) is 12.5 Å². The Labute approximate surface area is 93.6 Å². The van der Waals surface area contributed by atoms with Crippen LogP contribution in [0.2, 0.25) is 0 Å². The van der Waals surface area contributed by atoms with Crippen LogP contribution in [0.3, 0.4) is 0 Å². The van der Waals surface area contributed by atoms with Crippen LogP contribution in [0.1, 0.15) is 18.1 Å². The monoisotopic (exact) mass is 221 g/mol. The Morgan fingerprint density at radius 1 is 1.62 bits per heavy atom. The maximum Gasteiger partial charge on any atom is 0.228 e. The molecule has 5 heteroatoms. The van der Waals surface area contributed by atoms with Crippen molar-refractivity contribution in [3.63, 3.8) is 0 Å². The van der Waals surface area contributed by atoms with Crippen LogP contribution in [0.25, 0.3) is 0 Å². The number of rotatable bonds is 3. The van der Waals surface area contributed by atoms with Crippen LogP contribution in [-0.4, -0.2) is 17.6 Å². The van der Waals surface area contributed by atoms with Crippen molar-refractivity contribution < 1.29 is 9.90 Å². The standard InChI is InChI=1S/C11H15N3O2/c1-11(16,6-13-12)8-2-3-9-7(4-8)5-10(15)14-9/h2-4,13,16H,5-6,12H2,1H3,(H,14,15). The molecule has 0 spiro atoms. The lowest BCUT2D eigenvalue weighted by molar-refractivity contribution is -0.115. The van der Waals surface area contributed by atoms with Crippen molar-refractivity contribution >= 4 is 11.6 Å². The van der Waals surface area contributed by atoms with Crippen molar-refractivity contribution in [2.24, 2.45) is 5.84 Å². The molecule has 5 nitrogen and oxygen atoms in total. The summed E-state index contributed by atoms with van der Waals surface area (Å²) in [4.78, 5) is 11.2. The summed E-state index contributed by atoms with van der Waals surface area (Å²) >= 11 is 0. The van der Waals surface area contributed by atoms with Crippen molar-refractivity contribution in [3.05, 3.63) is 29.3 Å². The number of amides is 1. The number of fused-ring (bicyclic) bond motifs is 1. The fourth-order valence-corrected chi connectivity index (χ4v) is 1.87. The average molecular weight is 221 g/mol. The van der Waals surface area contributed by atoms with Gasteiger partial charge in [0.25, 0.3) is 0 Å². The van der Waals surface area contributed by atoms with Crippen LogP contribution >= 0.6 is 0 Å². The first-order valence-corrected chi connectivity index (χ1v) is 5.12. The molecule has 1 atom stereocenters. The quantitative estimate of drug-likeness (QED) is 0.422. The van der Waals surface area contributed by atoms with E-state index in [0.29, 0.717) is 6.42 Å². The second kappa shape index (κ2) is 3.86. The van der Waals surface area contributed by atoms with Crippen molar-refractivity contribution in [2.45, 2.75) is 18.9 Å². The number of anilines is 1. The van der Waals surface area contributed by atoms with Crippen LogP contribution in [0.4, 0.5) is 5.69 Å². The average Bonchev–Trinajstić information content (AvgIpc) is 2.56. The highest BCUT2D eigenvalue weighted by molar-refractivity contribution is 5.99. The van der Waals surface area contributed by atoms with E-state index in [1.54, 1.807) is 19.1 Å². The lowest BCUT2D eigenvalue weighted by Gasteiger charge is -2.23. The van der Waals surface area contributed by atoms with E-state index in [9.17, 15) is 9.90 Å². The summed E-state index contributed by atoms with van der Waals surface area (Å²) in [5.74, 6) is 5.20. The van der Waals surface area contributed by atoms with Crippen LogP contribution in [0.15, 0.2) is 18.2 Å². The van der Waals surface area contributed by atoms with Crippen LogP contribution in [0, 0.1) is 0 Å². The molecule has 5 N–H and O–H groups in total. The first-order valence-electron chi connectivity index (χ1n) is 5.12. The SMILES string of the molecule is CC(O)(CNN)c1ccc2c(c1)CC(=O)N2. The molecular formula is C11H15N3O2. The summed E-state index contributed by atoms with van der Waals surface area (Å²) in [7, 11) is 0.